The van der Waals surface area contributed by atoms with Crippen molar-refractivity contribution in [2.45, 2.75) is 32.9 Å². The van der Waals surface area contributed by atoms with Crippen LogP contribution < -0.4 is 14.9 Å². The fraction of sp³-hybridized carbons (Fsp3) is 0.222. The van der Waals surface area contributed by atoms with E-state index in [4.69, 9.17) is 12.2 Å². The van der Waals surface area contributed by atoms with Gasteiger partial charge in [0.1, 0.15) is 5.82 Å². The van der Waals surface area contributed by atoms with Crippen molar-refractivity contribution < 1.29 is 8.42 Å². The van der Waals surface area contributed by atoms with Gasteiger partial charge in [-0.25, -0.2) is 13.4 Å². The Morgan fingerprint density at radius 1 is 0.973 bits per heavy atom. The van der Waals surface area contributed by atoms with Crippen molar-refractivity contribution in [2.24, 2.45) is 0 Å². The predicted octanol–water partition coefficient (Wildman–Crippen LogP) is 4.74. The first-order valence-electron chi connectivity index (χ1n) is 11.8. The Bertz CT molecular complexity index is 1570. The van der Waals surface area contributed by atoms with Crippen LogP contribution in [0.2, 0.25) is 0 Å². The number of anilines is 2. The van der Waals surface area contributed by atoms with Gasteiger partial charge in [-0.2, -0.15) is 0 Å². The molecule has 8 nitrogen and oxygen atoms in total. The molecule has 1 saturated heterocycles. The van der Waals surface area contributed by atoms with Crippen LogP contribution in [-0.4, -0.2) is 34.3 Å². The van der Waals surface area contributed by atoms with Crippen molar-refractivity contribution in [2.75, 3.05) is 15.9 Å². The van der Waals surface area contributed by atoms with Crippen molar-refractivity contribution in [3.8, 4) is 5.82 Å². The Hall–Kier alpha value is -3.76. The van der Waals surface area contributed by atoms with Gasteiger partial charge >= 0.3 is 0 Å². The summed E-state index contributed by atoms with van der Waals surface area (Å²) >= 11 is 5.85. The number of nitrogens with one attached hydrogen (secondary N) is 2. The summed E-state index contributed by atoms with van der Waals surface area (Å²) in [5, 5.41) is 4.06. The molecule has 5 rings (SSSR count). The standard InChI is InChI=1S/C27H28N6O2S2/c1-17-12-14-29-24(15-17)32-18(2)16-22(19(32)3)26-25(23-7-5-6-13-28-23)30-27(36)33(26)21-10-8-20(9-11-21)31-37(4,34)35/h5-16,25-26,31H,1-4H3,(H,30,36)/t25-,26-/m1/s1. The van der Waals surface area contributed by atoms with E-state index in [2.05, 4.69) is 62.4 Å². The van der Waals surface area contributed by atoms with Crippen molar-refractivity contribution in [1.29, 1.82) is 0 Å². The van der Waals surface area contributed by atoms with Crippen LogP contribution in [0.1, 0.15) is 40.3 Å². The minimum Gasteiger partial charge on any atom is -0.351 e. The van der Waals surface area contributed by atoms with Crippen LogP contribution >= 0.6 is 12.2 Å². The zero-order valence-electron chi connectivity index (χ0n) is 21.0. The monoisotopic (exact) mass is 532 g/mol. The van der Waals surface area contributed by atoms with Crippen LogP contribution in [0.5, 0.6) is 0 Å². The van der Waals surface area contributed by atoms with Gasteiger partial charge in [-0.3, -0.25) is 9.71 Å². The molecule has 190 valence electrons. The van der Waals surface area contributed by atoms with Gasteiger partial charge in [0.2, 0.25) is 10.0 Å². The first-order valence-corrected chi connectivity index (χ1v) is 14.1. The summed E-state index contributed by atoms with van der Waals surface area (Å²) in [4.78, 5) is 11.3. The van der Waals surface area contributed by atoms with Crippen LogP contribution in [0.4, 0.5) is 11.4 Å². The molecule has 1 aliphatic heterocycles. The van der Waals surface area contributed by atoms with Crippen LogP contribution in [-0.2, 0) is 10.0 Å². The van der Waals surface area contributed by atoms with E-state index in [-0.39, 0.29) is 12.1 Å². The van der Waals surface area contributed by atoms with Gasteiger partial charge in [-0.05, 0) is 98.7 Å². The second-order valence-corrected chi connectivity index (χ2v) is 11.4. The summed E-state index contributed by atoms with van der Waals surface area (Å²) in [6, 6.07) is 18.9. The predicted molar refractivity (Wildman–Crippen MR) is 151 cm³/mol. The lowest BCUT2D eigenvalue weighted by Crippen LogP contribution is -2.29. The lowest BCUT2D eigenvalue weighted by Gasteiger charge is -2.28. The van der Waals surface area contributed by atoms with Crippen LogP contribution in [0.15, 0.2) is 73.1 Å². The van der Waals surface area contributed by atoms with E-state index >= 15 is 0 Å². The van der Waals surface area contributed by atoms with E-state index in [9.17, 15) is 8.42 Å². The highest BCUT2D eigenvalue weighted by atomic mass is 32.2. The molecule has 0 amide bonds. The summed E-state index contributed by atoms with van der Waals surface area (Å²) in [5.41, 5.74) is 6.58. The average molecular weight is 533 g/mol. The SMILES string of the molecule is Cc1ccnc(-n2c(C)cc([C@@H]3[C@@H](c4ccccn4)NC(=S)N3c3ccc(NS(C)(=O)=O)cc3)c2C)c1. The molecule has 0 spiro atoms. The van der Waals surface area contributed by atoms with Crippen LogP contribution in [0.25, 0.3) is 5.82 Å². The molecular formula is C27H28N6O2S2. The Balaban J connectivity index is 1.63. The molecule has 0 unspecified atom stereocenters. The van der Waals surface area contributed by atoms with Crippen molar-refractivity contribution in [1.82, 2.24) is 19.9 Å². The number of benzene rings is 1. The van der Waals surface area contributed by atoms with Crippen LogP contribution in [0.3, 0.4) is 0 Å². The fourth-order valence-electron chi connectivity index (χ4n) is 4.94. The third-order valence-corrected chi connectivity index (χ3v) is 7.39. The molecular weight excluding hydrogens is 504 g/mol. The quantitative estimate of drug-likeness (QED) is 0.347. The second kappa shape index (κ2) is 9.60. The third-order valence-electron chi connectivity index (χ3n) is 6.47. The number of aryl methyl sites for hydroxylation is 2. The first kappa shape index (κ1) is 24.9. The molecule has 0 aliphatic carbocycles. The molecule has 4 heterocycles. The van der Waals surface area contributed by atoms with E-state index in [0.29, 0.717) is 10.8 Å². The van der Waals surface area contributed by atoms with Gasteiger partial charge in [-0.15, -0.1) is 0 Å². The molecule has 0 radical (unpaired) electrons. The second-order valence-electron chi connectivity index (χ2n) is 9.27. The fourth-order valence-corrected chi connectivity index (χ4v) is 5.85. The summed E-state index contributed by atoms with van der Waals surface area (Å²) < 4.78 is 28.0. The lowest BCUT2D eigenvalue weighted by molar-refractivity contribution is 0.565. The number of hydrogen-bond donors (Lipinski definition) is 2. The van der Waals surface area contributed by atoms with Gasteiger partial charge in [0.05, 0.1) is 24.0 Å². The van der Waals surface area contributed by atoms with E-state index in [1.54, 1.807) is 18.3 Å². The largest absolute Gasteiger partial charge is 0.351 e. The summed E-state index contributed by atoms with van der Waals surface area (Å²) in [5.74, 6) is 0.868. The van der Waals surface area contributed by atoms with Gasteiger partial charge in [-0.1, -0.05) is 6.07 Å². The molecule has 2 atom stereocenters. The number of rotatable bonds is 6. The Kier molecular flexibility index (Phi) is 6.47. The Morgan fingerprint density at radius 3 is 2.38 bits per heavy atom. The number of nitrogens with zero attached hydrogens (tertiary/aromatic N) is 4. The van der Waals surface area contributed by atoms with E-state index in [1.165, 1.54) is 0 Å². The highest BCUT2D eigenvalue weighted by Crippen LogP contribution is 2.43. The lowest BCUT2D eigenvalue weighted by atomic mass is 9.96. The number of pyridine rings is 2. The minimum atomic E-state index is -3.37. The average Bonchev–Trinajstić information content (AvgIpc) is 3.34. The zero-order valence-corrected chi connectivity index (χ0v) is 22.6. The summed E-state index contributed by atoms with van der Waals surface area (Å²) in [7, 11) is -3.37. The molecule has 37 heavy (non-hydrogen) atoms. The van der Waals surface area contributed by atoms with Crippen LogP contribution in [0, 0.1) is 20.8 Å². The van der Waals surface area contributed by atoms with Crippen molar-refractivity contribution in [3.63, 3.8) is 0 Å². The third kappa shape index (κ3) is 4.94. The van der Waals surface area contributed by atoms with E-state index < -0.39 is 10.0 Å². The van der Waals surface area contributed by atoms with Gasteiger partial charge in [0.25, 0.3) is 0 Å². The molecule has 0 bridgehead atoms. The summed E-state index contributed by atoms with van der Waals surface area (Å²) in [6.07, 6.45) is 4.74. The maximum Gasteiger partial charge on any atom is 0.229 e. The van der Waals surface area contributed by atoms with E-state index in [1.807, 2.05) is 42.6 Å². The topological polar surface area (TPSA) is 92.2 Å². The van der Waals surface area contributed by atoms with Gasteiger partial charge < -0.3 is 14.8 Å². The van der Waals surface area contributed by atoms with Crippen molar-refractivity contribution >= 4 is 38.7 Å². The minimum absolute atomic E-state index is 0.193. The normalized spacial score (nSPS) is 17.6. The summed E-state index contributed by atoms with van der Waals surface area (Å²) in [6.45, 7) is 6.23. The van der Waals surface area contributed by atoms with Gasteiger partial charge in [0.15, 0.2) is 5.11 Å². The first-order chi connectivity index (χ1) is 17.6. The molecule has 10 heteroatoms. The molecule has 1 aromatic carbocycles. The Labute approximate surface area is 222 Å². The van der Waals surface area contributed by atoms with Gasteiger partial charge in [0, 0.05) is 35.2 Å². The Morgan fingerprint density at radius 2 is 1.73 bits per heavy atom. The van der Waals surface area contributed by atoms with Crippen molar-refractivity contribution in [3.05, 3.63) is 101 Å². The highest BCUT2D eigenvalue weighted by molar-refractivity contribution is 7.92. The number of aromatic nitrogens is 3. The maximum atomic E-state index is 11.7. The van der Waals surface area contributed by atoms with E-state index in [0.717, 1.165) is 46.0 Å². The number of hydrogen-bond acceptors (Lipinski definition) is 5. The molecule has 2 N–H and O–H groups in total. The number of thiocarbonyl (C=S) groups is 1. The smallest absolute Gasteiger partial charge is 0.229 e. The molecule has 0 saturated carbocycles. The highest BCUT2D eigenvalue weighted by Gasteiger charge is 2.42. The molecule has 3 aromatic heterocycles. The maximum absolute atomic E-state index is 11.7. The molecule has 4 aromatic rings. The zero-order chi connectivity index (χ0) is 26.3. The molecule has 1 aliphatic rings. The number of sulfonamides is 1. The molecule has 1 fully saturated rings.